The van der Waals surface area contributed by atoms with Gasteiger partial charge in [0.1, 0.15) is 5.75 Å². The highest BCUT2D eigenvalue weighted by atomic mass is 16.5. The summed E-state index contributed by atoms with van der Waals surface area (Å²) in [6.45, 7) is 5.97. The number of rotatable bonds is 12. The van der Waals surface area contributed by atoms with Gasteiger partial charge in [-0.2, -0.15) is 0 Å². The molecule has 2 aromatic carbocycles. The summed E-state index contributed by atoms with van der Waals surface area (Å²) in [5.74, 6) is 1.66. The van der Waals surface area contributed by atoms with E-state index in [2.05, 4.69) is 55.2 Å². The molecule has 0 bridgehead atoms. The van der Waals surface area contributed by atoms with E-state index >= 15 is 0 Å². The van der Waals surface area contributed by atoms with Crippen LogP contribution in [0.2, 0.25) is 0 Å². The van der Waals surface area contributed by atoms with E-state index in [0.717, 1.165) is 42.7 Å². The molecule has 0 aliphatic rings. The van der Waals surface area contributed by atoms with Gasteiger partial charge in [-0.3, -0.25) is 0 Å². The lowest BCUT2D eigenvalue weighted by atomic mass is 10.0. The zero-order valence-corrected chi connectivity index (χ0v) is 17.4. The van der Waals surface area contributed by atoms with Crippen molar-refractivity contribution in [3.63, 3.8) is 0 Å². The summed E-state index contributed by atoms with van der Waals surface area (Å²) in [7, 11) is 0. The summed E-state index contributed by atoms with van der Waals surface area (Å²) in [6.07, 6.45) is 9.76. The second kappa shape index (κ2) is 10.9. The van der Waals surface area contributed by atoms with Gasteiger partial charge in [0, 0.05) is 11.5 Å². The van der Waals surface area contributed by atoms with E-state index in [1.54, 1.807) is 0 Å². The van der Waals surface area contributed by atoms with Crippen molar-refractivity contribution in [3.05, 3.63) is 42.5 Å². The number of aromatic nitrogens is 1. The fourth-order valence-electron chi connectivity index (χ4n) is 3.50. The van der Waals surface area contributed by atoms with Gasteiger partial charge < -0.3 is 9.47 Å². The SMILES string of the molecule is CCCCCCCOc1ccc2c(ccc3nc(OCCCCC)ccc32)c1. The molecule has 0 amide bonds. The molecule has 0 N–H and O–H groups in total. The maximum atomic E-state index is 5.95. The smallest absolute Gasteiger partial charge is 0.213 e. The highest BCUT2D eigenvalue weighted by molar-refractivity contribution is 6.06. The lowest BCUT2D eigenvalue weighted by Gasteiger charge is -2.10. The quantitative estimate of drug-likeness (QED) is 0.244. The van der Waals surface area contributed by atoms with Gasteiger partial charge in [0.2, 0.25) is 5.88 Å². The van der Waals surface area contributed by atoms with Crippen LogP contribution in [0.1, 0.15) is 65.2 Å². The lowest BCUT2D eigenvalue weighted by Crippen LogP contribution is -1.99. The third kappa shape index (κ3) is 5.60. The molecule has 3 rings (SSSR count). The first-order valence-electron chi connectivity index (χ1n) is 10.9. The van der Waals surface area contributed by atoms with Crippen LogP contribution in [0.4, 0.5) is 0 Å². The molecule has 0 atom stereocenters. The van der Waals surface area contributed by atoms with E-state index < -0.39 is 0 Å². The van der Waals surface area contributed by atoms with Crippen LogP contribution in [-0.2, 0) is 0 Å². The number of hydrogen-bond acceptors (Lipinski definition) is 3. The molecule has 1 aromatic heterocycles. The van der Waals surface area contributed by atoms with Crippen molar-refractivity contribution in [2.75, 3.05) is 13.2 Å². The summed E-state index contributed by atoms with van der Waals surface area (Å²) < 4.78 is 11.7. The van der Waals surface area contributed by atoms with Crippen LogP contribution in [-0.4, -0.2) is 18.2 Å². The number of benzene rings is 2. The lowest BCUT2D eigenvalue weighted by molar-refractivity contribution is 0.296. The van der Waals surface area contributed by atoms with Gasteiger partial charge in [0.25, 0.3) is 0 Å². The molecule has 0 radical (unpaired) electrons. The minimum atomic E-state index is 0.714. The summed E-state index contributed by atoms with van der Waals surface area (Å²) in [6, 6.07) is 14.7. The second-order valence-corrected chi connectivity index (χ2v) is 7.48. The molecule has 0 saturated carbocycles. The predicted octanol–water partition coefficient (Wildman–Crippen LogP) is 7.31. The third-order valence-electron chi connectivity index (χ3n) is 5.15. The van der Waals surface area contributed by atoms with E-state index in [4.69, 9.17) is 9.47 Å². The molecule has 3 nitrogen and oxygen atoms in total. The first-order valence-corrected chi connectivity index (χ1v) is 10.9. The number of fused-ring (bicyclic) bond motifs is 3. The first kappa shape index (κ1) is 20.4. The van der Waals surface area contributed by atoms with Gasteiger partial charge in [0.15, 0.2) is 0 Å². The highest BCUT2D eigenvalue weighted by Crippen LogP contribution is 2.29. The predicted molar refractivity (Wildman–Crippen MR) is 119 cm³/mol. The van der Waals surface area contributed by atoms with E-state index in [1.807, 2.05) is 6.07 Å². The van der Waals surface area contributed by atoms with Crippen LogP contribution < -0.4 is 9.47 Å². The van der Waals surface area contributed by atoms with Crippen LogP contribution in [0.5, 0.6) is 11.6 Å². The van der Waals surface area contributed by atoms with E-state index in [9.17, 15) is 0 Å². The number of ether oxygens (including phenoxy) is 2. The summed E-state index contributed by atoms with van der Waals surface area (Å²) >= 11 is 0. The number of pyridine rings is 1. The maximum Gasteiger partial charge on any atom is 0.213 e. The Balaban J connectivity index is 1.65. The van der Waals surface area contributed by atoms with Crippen molar-refractivity contribution < 1.29 is 9.47 Å². The van der Waals surface area contributed by atoms with E-state index in [0.29, 0.717) is 5.88 Å². The molecule has 0 aliphatic carbocycles. The van der Waals surface area contributed by atoms with Crippen LogP contribution in [0.15, 0.2) is 42.5 Å². The van der Waals surface area contributed by atoms with Crippen molar-refractivity contribution in [2.24, 2.45) is 0 Å². The zero-order chi connectivity index (χ0) is 19.6. The molecule has 3 heteroatoms. The largest absolute Gasteiger partial charge is 0.494 e. The number of unbranched alkanes of at least 4 members (excludes halogenated alkanes) is 6. The molecule has 0 unspecified atom stereocenters. The Morgan fingerprint density at radius 3 is 2.25 bits per heavy atom. The zero-order valence-electron chi connectivity index (χ0n) is 17.4. The fraction of sp³-hybridized carbons (Fsp3) is 0.480. The minimum Gasteiger partial charge on any atom is -0.494 e. The molecule has 28 heavy (non-hydrogen) atoms. The standard InChI is InChI=1S/C25H33NO2/c1-3-5-7-8-10-17-27-21-12-13-22-20(19-21)11-15-24-23(22)14-16-25(26-24)28-18-9-6-4-2/h11-16,19H,3-10,17-18H2,1-2H3. The normalized spacial score (nSPS) is 11.2. The molecule has 1 heterocycles. The van der Waals surface area contributed by atoms with Crippen LogP contribution >= 0.6 is 0 Å². The monoisotopic (exact) mass is 379 g/mol. The average molecular weight is 380 g/mol. The molecule has 0 aliphatic heterocycles. The van der Waals surface area contributed by atoms with Crippen molar-refractivity contribution in [3.8, 4) is 11.6 Å². The molecular formula is C25H33NO2. The molecular weight excluding hydrogens is 346 g/mol. The molecule has 150 valence electrons. The molecule has 0 fully saturated rings. The number of hydrogen-bond donors (Lipinski definition) is 0. The van der Waals surface area contributed by atoms with Crippen LogP contribution in [0.25, 0.3) is 21.7 Å². The molecule has 0 saturated heterocycles. The Hall–Kier alpha value is -2.29. The maximum absolute atomic E-state index is 5.95. The van der Waals surface area contributed by atoms with Crippen molar-refractivity contribution in [1.29, 1.82) is 0 Å². The Kier molecular flexibility index (Phi) is 7.95. The van der Waals surface area contributed by atoms with Crippen LogP contribution in [0, 0.1) is 0 Å². The van der Waals surface area contributed by atoms with Crippen LogP contribution in [0.3, 0.4) is 0 Å². The fourth-order valence-corrected chi connectivity index (χ4v) is 3.50. The Morgan fingerprint density at radius 2 is 1.39 bits per heavy atom. The van der Waals surface area contributed by atoms with Crippen molar-refractivity contribution >= 4 is 21.7 Å². The Morgan fingerprint density at radius 1 is 0.679 bits per heavy atom. The number of nitrogens with zero attached hydrogens (tertiary/aromatic N) is 1. The molecule has 3 aromatic rings. The van der Waals surface area contributed by atoms with Crippen molar-refractivity contribution in [1.82, 2.24) is 4.98 Å². The summed E-state index contributed by atoms with van der Waals surface area (Å²) in [4.78, 5) is 4.68. The molecule has 0 spiro atoms. The minimum absolute atomic E-state index is 0.714. The van der Waals surface area contributed by atoms with Gasteiger partial charge in [-0.15, -0.1) is 0 Å². The van der Waals surface area contributed by atoms with E-state index in [1.165, 1.54) is 49.3 Å². The topological polar surface area (TPSA) is 31.4 Å². The Bertz CT molecular complexity index is 875. The summed E-state index contributed by atoms with van der Waals surface area (Å²) in [5.41, 5.74) is 0.977. The van der Waals surface area contributed by atoms with Gasteiger partial charge in [-0.25, -0.2) is 4.98 Å². The highest BCUT2D eigenvalue weighted by Gasteiger charge is 2.05. The van der Waals surface area contributed by atoms with E-state index in [-0.39, 0.29) is 0 Å². The van der Waals surface area contributed by atoms with Gasteiger partial charge in [-0.1, -0.05) is 64.5 Å². The first-order chi connectivity index (χ1) is 13.8. The summed E-state index contributed by atoms with van der Waals surface area (Å²) in [5, 5.41) is 3.55. The van der Waals surface area contributed by atoms with Gasteiger partial charge >= 0.3 is 0 Å². The second-order valence-electron chi connectivity index (χ2n) is 7.48. The Labute approximate surface area is 169 Å². The van der Waals surface area contributed by atoms with Gasteiger partial charge in [-0.05, 0) is 47.9 Å². The average Bonchev–Trinajstić information content (AvgIpc) is 2.73. The van der Waals surface area contributed by atoms with Gasteiger partial charge in [0.05, 0.1) is 18.7 Å². The van der Waals surface area contributed by atoms with Crippen molar-refractivity contribution in [2.45, 2.75) is 65.2 Å². The third-order valence-corrected chi connectivity index (χ3v) is 5.15.